The maximum absolute atomic E-state index is 6.18. The van der Waals surface area contributed by atoms with E-state index in [0.29, 0.717) is 0 Å². The van der Waals surface area contributed by atoms with Gasteiger partial charge in [-0.05, 0) is 41.8 Å². The number of aryl methyl sites for hydroxylation is 1. The highest BCUT2D eigenvalue weighted by Gasteiger charge is 2.21. The summed E-state index contributed by atoms with van der Waals surface area (Å²) in [5, 5.41) is 0.816. The minimum absolute atomic E-state index is 0.816. The standard InChI is InChI=1S/C15H15ClN2/c1-10-5-6-12(7-14(10)16)18-8-11-3-2-4-15(17)13(11)9-18/h2-7H,8-9,17H2,1H3. The number of hydrogen-bond donors (Lipinski definition) is 1. The van der Waals surface area contributed by atoms with Crippen LogP contribution in [0.5, 0.6) is 0 Å². The predicted octanol–water partition coefficient (Wildman–Crippen LogP) is 3.75. The third kappa shape index (κ3) is 1.83. The smallest absolute Gasteiger partial charge is 0.0457 e. The van der Waals surface area contributed by atoms with Crippen LogP contribution in [-0.2, 0) is 13.1 Å². The molecule has 18 heavy (non-hydrogen) atoms. The van der Waals surface area contributed by atoms with Gasteiger partial charge in [0.25, 0.3) is 0 Å². The molecular weight excluding hydrogens is 244 g/mol. The Morgan fingerprint density at radius 2 is 2.00 bits per heavy atom. The molecular formula is C15H15ClN2. The first kappa shape index (κ1) is 11.4. The number of nitrogen functional groups attached to an aromatic ring is 1. The molecule has 1 heterocycles. The molecule has 0 saturated carbocycles. The summed E-state index contributed by atoms with van der Waals surface area (Å²) in [4.78, 5) is 2.30. The summed E-state index contributed by atoms with van der Waals surface area (Å²) in [6.07, 6.45) is 0. The Labute approximate surface area is 112 Å². The molecule has 3 rings (SSSR count). The van der Waals surface area contributed by atoms with Crippen molar-refractivity contribution in [1.29, 1.82) is 0 Å². The maximum Gasteiger partial charge on any atom is 0.0457 e. The molecule has 2 aromatic carbocycles. The first-order valence-electron chi connectivity index (χ1n) is 6.02. The molecule has 0 unspecified atom stereocenters. The Kier molecular flexibility index (Phi) is 2.67. The number of anilines is 2. The van der Waals surface area contributed by atoms with Crippen LogP contribution in [0.25, 0.3) is 0 Å². The van der Waals surface area contributed by atoms with Gasteiger partial charge in [0, 0.05) is 29.5 Å². The van der Waals surface area contributed by atoms with Crippen molar-refractivity contribution in [2.45, 2.75) is 20.0 Å². The first-order valence-corrected chi connectivity index (χ1v) is 6.40. The molecule has 0 saturated heterocycles. The highest BCUT2D eigenvalue weighted by Crippen LogP contribution is 2.33. The molecule has 0 fully saturated rings. The largest absolute Gasteiger partial charge is 0.398 e. The Balaban J connectivity index is 1.94. The van der Waals surface area contributed by atoms with E-state index in [4.69, 9.17) is 17.3 Å². The summed E-state index contributed by atoms with van der Waals surface area (Å²) < 4.78 is 0. The average Bonchev–Trinajstić information content (AvgIpc) is 2.78. The van der Waals surface area contributed by atoms with E-state index < -0.39 is 0 Å². The fourth-order valence-electron chi connectivity index (χ4n) is 2.41. The molecule has 1 aliphatic rings. The normalized spacial score (nSPS) is 13.8. The molecule has 0 radical (unpaired) electrons. The topological polar surface area (TPSA) is 29.3 Å². The SMILES string of the molecule is Cc1ccc(N2Cc3cccc(N)c3C2)cc1Cl. The van der Waals surface area contributed by atoms with Gasteiger partial charge in [0.1, 0.15) is 0 Å². The molecule has 2 aromatic rings. The number of halogens is 1. The fraction of sp³-hybridized carbons (Fsp3) is 0.200. The van der Waals surface area contributed by atoms with E-state index in [2.05, 4.69) is 23.1 Å². The van der Waals surface area contributed by atoms with E-state index >= 15 is 0 Å². The van der Waals surface area contributed by atoms with Crippen LogP contribution in [0.3, 0.4) is 0 Å². The Hall–Kier alpha value is -1.67. The molecule has 0 aliphatic carbocycles. The summed E-state index contributed by atoms with van der Waals surface area (Å²) in [6.45, 7) is 3.78. The summed E-state index contributed by atoms with van der Waals surface area (Å²) in [5.41, 5.74) is 11.7. The Bertz CT molecular complexity index is 607. The molecule has 0 atom stereocenters. The van der Waals surface area contributed by atoms with Gasteiger partial charge >= 0.3 is 0 Å². The number of fused-ring (bicyclic) bond motifs is 1. The minimum Gasteiger partial charge on any atom is -0.398 e. The number of hydrogen-bond acceptors (Lipinski definition) is 2. The summed E-state index contributed by atoms with van der Waals surface area (Å²) in [7, 11) is 0. The zero-order valence-electron chi connectivity index (χ0n) is 10.3. The zero-order valence-corrected chi connectivity index (χ0v) is 11.0. The second-order valence-corrected chi connectivity index (χ2v) is 5.18. The van der Waals surface area contributed by atoms with Gasteiger partial charge in [-0.15, -0.1) is 0 Å². The van der Waals surface area contributed by atoms with Gasteiger partial charge < -0.3 is 10.6 Å². The fourth-order valence-corrected chi connectivity index (χ4v) is 2.58. The molecule has 0 amide bonds. The second kappa shape index (κ2) is 4.21. The van der Waals surface area contributed by atoms with Crippen molar-refractivity contribution in [2.24, 2.45) is 0 Å². The van der Waals surface area contributed by atoms with E-state index in [0.717, 1.165) is 35.1 Å². The number of nitrogens with two attached hydrogens (primary N) is 1. The molecule has 3 heteroatoms. The lowest BCUT2D eigenvalue weighted by atomic mass is 10.1. The second-order valence-electron chi connectivity index (χ2n) is 4.77. The number of rotatable bonds is 1. The lowest BCUT2D eigenvalue weighted by Crippen LogP contribution is -2.14. The minimum atomic E-state index is 0.816. The van der Waals surface area contributed by atoms with Crippen LogP contribution in [0, 0.1) is 6.92 Å². The van der Waals surface area contributed by atoms with Gasteiger partial charge in [-0.3, -0.25) is 0 Å². The predicted molar refractivity (Wildman–Crippen MR) is 76.9 cm³/mol. The summed E-state index contributed by atoms with van der Waals surface area (Å²) >= 11 is 6.18. The van der Waals surface area contributed by atoms with E-state index in [1.54, 1.807) is 0 Å². The van der Waals surface area contributed by atoms with Crippen LogP contribution in [-0.4, -0.2) is 0 Å². The van der Waals surface area contributed by atoms with Gasteiger partial charge in [0.15, 0.2) is 0 Å². The lowest BCUT2D eigenvalue weighted by molar-refractivity contribution is 0.881. The van der Waals surface area contributed by atoms with Crippen LogP contribution in [0.2, 0.25) is 5.02 Å². The van der Waals surface area contributed by atoms with Gasteiger partial charge in [-0.25, -0.2) is 0 Å². The van der Waals surface area contributed by atoms with Crippen molar-refractivity contribution < 1.29 is 0 Å². The summed E-state index contributed by atoms with van der Waals surface area (Å²) in [6, 6.07) is 12.3. The maximum atomic E-state index is 6.18. The molecule has 1 aliphatic heterocycles. The van der Waals surface area contributed by atoms with Crippen LogP contribution in [0.15, 0.2) is 36.4 Å². The molecule has 0 aromatic heterocycles. The Morgan fingerprint density at radius 3 is 2.72 bits per heavy atom. The van der Waals surface area contributed by atoms with Crippen LogP contribution < -0.4 is 10.6 Å². The quantitative estimate of drug-likeness (QED) is 0.790. The van der Waals surface area contributed by atoms with Crippen molar-refractivity contribution in [3.05, 3.63) is 58.1 Å². The van der Waals surface area contributed by atoms with Gasteiger partial charge in [0.05, 0.1) is 0 Å². The molecule has 92 valence electrons. The highest BCUT2D eigenvalue weighted by atomic mass is 35.5. The average molecular weight is 259 g/mol. The molecule has 0 spiro atoms. The van der Waals surface area contributed by atoms with Crippen molar-refractivity contribution in [1.82, 2.24) is 0 Å². The van der Waals surface area contributed by atoms with Gasteiger partial charge in [-0.1, -0.05) is 29.8 Å². The lowest BCUT2D eigenvalue weighted by Gasteiger charge is -2.18. The van der Waals surface area contributed by atoms with Crippen molar-refractivity contribution >= 4 is 23.0 Å². The summed E-state index contributed by atoms with van der Waals surface area (Å²) in [5.74, 6) is 0. The molecule has 2 N–H and O–H groups in total. The first-order chi connectivity index (χ1) is 8.65. The van der Waals surface area contributed by atoms with Gasteiger partial charge in [0.2, 0.25) is 0 Å². The van der Waals surface area contributed by atoms with Crippen LogP contribution in [0.4, 0.5) is 11.4 Å². The Morgan fingerprint density at radius 1 is 1.17 bits per heavy atom. The van der Waals surface area contributed by atoms with Crippen LogP contribution in [0.1, 0.15) is 16.7 Å². The van der Waals surface area contributed by atoms with E-state index in [1.165, 1.54) is 11.1 Å². The zero-order chi connectivity index (χ0) is 12.7. The third-order valence-electron chi connectivity index (χ3n) is 3.54. The van der Waals surface area contributed by atoms with Crippen molar-refractivity contribution in [2.75, 3.05) is 10.6 Å². The highest BCUT2D eigenvalue weighted by molar-refractivity contribution is 6.31. The van der Waals surface area contributed by atoms with E-state index in [1.807, 2.05) is 25.1 Å². The number of nitrogens with zero attached hydrogens (tertiary/aromatic N) is 1. The molecule has 2 nitrogen and oxygen atoms in total. The van der Waals surface area contributed by atoms with Crippen molar-refractivity contribution in [3.63, 3.8) is 0 Å². The van der Waals surface area contributed by atoms with Gasteiger partial charge in [-0.2, -0.15) is 0 Å². The van der Waals surface area contributed by atoms with E-state index in [-0.39, 0.29) is 0 Å². The monoisotopic (exact) mass is 258 g/mol. The van der Waals surface area contributed by atoms with Crippen LogP contribution >= 0.6 is 11.6 Å². The van der Waals surface area contributed by atoms with E-state index in [9.17, 15) is 0 Å². The van der Waals surface area contributed by atoms with Crippen molar-refractivity contribution in [3.8, 4) is 0 Å². The third-order valence-corrected chi connectivity index (χ3v) is 3.95. The number of benzene rings is 2. The molecule has 0 bridgehead atoms.